The second kappa shape index (κ2) is 6.41. The number of nitrogens with two attached hydrogens (primary N) is 1. The standard InChI is InChI=1S/C15H21N3O2/c1-2-11-3-5-13(6-4-11)15(19)18-9-7-12(8-10-18)14(16)17-20/h3-6,12,20H,2,7-10H2,1H3,(H2,16,17). The van der Waals surface area contributed by atoms with Crippen molar-refractivity contribution in [3.63, 3.8) is 0 Å². The quantitative estimate of drug-likeness (QED) is 0.382. The van der Waals surface area contributed by atoms with Crippen LogP contribution in [0.25, 0.3) is 0 Å². The van der Waals surface area contributed by atoms with Gasteiger partial charge in [-0.15, -0.1) is 0 Å². The molecule has 0 radical (unpaired) electrons. The molecule has 108 valence electrons. The largest absolute Gasteiger partial charge is 0.409 e. The Labute approximate surface area is 119 Å². The predicted molar refractivity (Wildman–Crippen MR) is 77.9 cm³/mol. The number of amides is 1. The maximum absolute atomic E-state index is 12.4. The molecule has 1 saturated heterocycles. The minimum absolute atomic E-state index is 0.0608. The predicted octanol–water partition coefficient (Wildman–Crippen LogP) is 1.85. The van der Waals surface area contributed by atoms with Crippen LogP contribution in [-0.4, -0.2) is 34.9 Å². The highest BCUT2D eigenvalue weighted by Gasteiger charge is 2.25. The molecule has 1 fully saturated rings. The highest BCUT2D eigenvalue weighted by atomic mass is 16.4. The molecule has 0 unspecified atom stereocenters. The average Bonchev–Trinajstić information content (AvgIpc) is 2.53. The summed E-state index contributed by atoms with van der Waals surface area (Å²) in [6.45, 7) is 3.39. The molecule has 1 amide bonds. The highest BCUT2D eigenvalue weighted by molar-refractivity contribution is 5.94. The molecule has 1 aliphatic heterocycles. The number of amidine groups is 1. The molecule has 1 aliphatic rings. The number of aryl methyl sites for hydroxylation is 1. The molecular weight excluding hydrogens is 254 g/mol. The third kappa shape index (κ3) is 3.10. The van der Waals surface area contributed by atoms with Crippen LogP contribution in [0, 0.1) is 5.92 Å². The topological polar surface area (TPSA) is 78.9 Å². The van der Waals surface area contributed by atoms with Crippen LogP contribution in [0.5, 0.6) is 0 Å². The van der Waals surface area contributed by atoms with Crippen molar-refractivity contribution in [1.82, 2.24) is 4.90 Å². The van der Waals surface area contributed by atoms with E-state index in [0.717, 1.165) is 24.8 Å². The van der Waals surface area contributed by atoms with Crippen molar-refractivity contribution >= 4 is 11.7 Å². The van der Waals surface area contributed by atoms with Gasteiger partial charge in [0.15, 0.2) is 0 Å². The van der Waals surface area contributed by atoms with Gasteiger partial charge < -0.3 is 15.8 Å². The summed E-state index contributed by atoms with van der Waals surface area (Å²) in [6, 6.07) is 7.76. The zero-order valence-electron chi connectivity index (χ0n) is 11.7. The molecule has 1 aromatic carbocycles. The van der Waals surface area contributed by atoms with E-state index in [1.807, 2.05) is 29.2 Å². The molecule has 0 aliphatic carbocycles. The number of benzene rings is 1. The monoisotopic (exact) mass is 275 g/mol. The number of rotatable bonds is 3. The van der Waals surface area contributed by atoms with Gasteiger partial charge in [-0.25, -0.2) is 0 Å². The van der Waals surface area contributed by atoms with Gasteiger partial charge in [-0.2, -0.15) is 0 Å². The van der Waals surface area contributed by atoms with Gasteiger partial charge in [0.05, 0.1) is 0 Å². The van der Waals surface area contributed by atoms with E-state index < -0.39 is 0 Å². The van der Waals surface area contributed by atoms with E-state index in [4.69, 9.17) is 10.9 Å². The van der Waals surface area contributed by atoms with E-state index in [1.165, 1.54) is 5.56 Å². The van der Waals surface area contributed by atoms with E-state index in [2.05, 4.69) is 12.1 Å². The minimum atomic E-state index is 0.0608. The summed E-state index contributed by atoms with van der Waals surface area (Å²) in [5.41, 5.74) is 7.56. The van der Waals surface area contributed by atoms with Crippen molar-refractivity contribution in [3.8, 4) is 0 Å². The number of oxime groups is 1. The van der Waals surface area contributed by atoms with Crippen LogP contribution in [0.2, 0.25) is 0 Å². The summed E-state index contributed by atoms with van der Waals surface area (Å²) in [5, 5.41) is 11.7. The van der Waals surface area contributed by atoms with Crippen molar-refractivity contribution in [2.45, 2.75) is 26.2 Å². The first kappa shape index (κ1) is 14.4. The Kier molecular flexibility index (Phi) is 4.61. The Morgan fingerprint density at radius 2 is 1.95 bits per heavy atom. The second-order valence-electron chi connectivity index (χ2n) is 5.14. The van der Waals surface area contributed by atoms with Crippen molar-refractivity contribution in [2.75, 3.05) is 13.1 Å². The van der Waals surface area contributed by atoms with Gasteiger partial charge in [0.25, 0.3) is 5.91 Å². The van der Waals surface area contributed by atoms with Crippen LogP contribution in [0.15, 0.2) is 29.4 Å². The highest BCUT2D eigenvalue weighted by Crippen LogP contribution is 2.19. The van der Waals surface area contributed by atoms with Gasteiger partial charge in [0, 0.05) is 24.6 Å². The van der Waals surface area contributed by atoms with E-state index >= 15 is 0 Å². The summed E-state index contributed by atoms with van der Waals surface area (Å²) < 4.78 is 0. The number of hydrogen-bond acceptors (Lipinski definition) is 3. The van der Waals surface area contributed by atoms with Gasteiger partial charge >= 0.3 is 0 Å². The number of likely N-dealkylation sites (tertiary alicyclic amines) is 1. The maximum Gasteiger partial charge on any atom is 0.253 e. The fraction of sp³-hybridized carbons (Fsp3) is 0.467. The number of carbonyl (C=O) groups excluding carboxylic acids is 1. The smallest absolute Gasteiger partial charge is 0.253 e. The first-order valence-electron chi connectivity index (χ1n) is 7.01. The van der Waals surface area contributed by atoms with Crippen molar-refractivity contribution in [3.05, 3.63) is 35.4 Å². The number of carbonyl (C=O) groups is 1. The molecule has 0 aromatic heterocycles. The number of nitrogens with zero attached hydrogens (tertiary/aromatic N) is 2. The fourth-order valence-corrected chi connectivity index (χ4v) is 2.53. The molecule has 0 saturated carbocycles. The van der Waals surface area contributed by atoms with E-state index in [1.54, 1.807) is 0 Å². The zero-order chi connectivity index (χ0) is 14.5. The first-order valence-corrected chi connectivity index (χ1v) is 7.01. The molecular formula is C15H21N3O2. The Bertz CT molecular complexity index is 488. The third-order valence-electron chi connectivity index (χ3n) is 3.93. The minimum Gasteiger partial charge on any atom is -0.409 e. The zero-order valence-corrected chi connectivity index (χ0v) is 11.7. The SMILES string of the molecule is CCc1ccc(C(=O)N2CCC(C(N)=NO)CC2)cc1. The van der Waals surface area contributed by atoms with Crippen molar-refractivity contribution < 1.29 is 10.0 Å². The molecule has 0 atom stereocenters. The van der Waals surface area contributed by atoms with Crippen molar-refractivity contribution in [2.24, 2.45) is 16.8 Å². The van der Waals surface area contributed by atoms with Crippen LogP contribution in [0.4, 0.5) is 0 Å². The Morgan fingerprint density at radius 3 is 2.45 bits per heavy atom. The fourth-order valence-electron chi connectivity index (χ4n) is 2.53. The second-order valence-corrected chi connectivity index (χ2v) is 5.14. The summed E-state index contributed by atoms with van der Waals surface area (Å²) in [6.07, 6.45) is 2.46. The van der Waals surface area contributed by atoms with Crippen LogP contribution in [0.1, 0.15) is 35.7 Å². The average molecular weight is 275 g/mol. The van der Waals surface area contributed by atoms with Gasteiger partial charge in [-0.05, 0) is 37.0 Å². The molecule has 1 heterocycles. The summed E-state index contributed by atoms with van der Waals surface area (Å²) >= 11 is 0. The van der Waals surface area contributed by atoms with E-state index in [0.29, 0.717) is 13.1 Å². The van der Waals surface area contributed by atoms with Crippen LogP contribution < -0.4 is 5.73 Å². The lowest BCUT2D eigenvalue weighted by molar-refractivity contribution is 0.0709. The van der Waals surface area contributed by atoms with Crippen LogP contribution >= 0.6 is 0 Å². The lowest BCUT2D eigenvalue weighted by Crippen LogP contribution is -2.41. The Morgan fingerprint density at radius 1 is 1.35 bits per heavy atom. The lowest BCUT2D eigenvalue weighted by atomic mass is 9.95. The Balaban J connectivity index is 1.97. The van der Waals surface area contributed by atoms with E-state index in [-0.39, 0.29) is 17.7 Å². The molecule has 0 bridgehead atoms. The Hall–Kier alpha value is -2.04. The van der Waals surface area contributed by atoms with Gasteiger partial charge in [-0.1, -0.05) is 24.2 Å². The summed E-state index contributed by atoms with van der Waals surface area (Å²) in [4.78, 5) is 14.2. The van der Waals surface area contributed by atoms with Crippen LogP contribution in [-0.2, 0) is 6.42 Å². The molecule has 2 rings (SSSR count). The summed E-state index contributed by atoms with van der Waals surface area (Å²) in [5.74, 6) is 0.404. The first-order chi connectivity index (χ1) is 9.65. The third-order valence-corrected chi connectivity index (χ3v) is 3.93. The summed E-state index contributed by atoms with van der Waals surface area (Å²) in [7, 11) is 0. The van der Waals surface area contributed by atoms with E-state index in [9.17, 15) is 4.79 Å². The molecule has 3 N–H and O–H groups in total. The molecule has 5 nitrogen and oxygen atoms in total. The van der Waals surface area contributed by atoms with Gasteiger partial charge in [0.1, 0.15) is 5.84 Å². The van der Waals surface area contributed by atoms with Gasteiger partial charge in [0.2, 0.25) is 0 Å². The molecule has 20 heavy (non-hydrogen) atoms. The normalized spacial score (nSPS) is 17.2. The molecule has 1 aromatic rings. The van der Waals surface area contributed by atoms with Gasteiger partial charge in [-0.3, -0.25) is 4.79 Å². The number of piperidine rings is 1. The van der Waals surface area contributed by atoms with Crippen LogP contribution in [0.3, 0.4) is 0 Å². The molecule has 0 spiro atoms. The number of hydrogen-bond donors (Lipinski definition) is 2. The molecule has 5 heteroatoms. The maximum atomic E-state index is 12.4. The lowest BCUT2D eigenvalue weighted by Gasteiger charge is -2.31. The van der Waals surface area contributed by atoms with Crippen molar-refractivity contribution in [1.29, 1.82) is 0 Å².